The van der Waals surface area contributed by atoms with E-state index in [4.69, 9.17) is 0 Å². The van der Waals surface area contributed by atoms with Gasteiger partial charge in [-0.3, -0.25) is 19.7 Å². The molecule has 2 heterocycles. The van der Waals surface area contributed by atoms with Crippen LogP contribution in [0.3, 0.4) is 0 Å². The summed E-state index contributed by atoms with van der Waals surface area (Å²) in [6.45, 7) is 1.99. The predicted molar refractivity (Wildman–Crippen MR) is 111 cm³/mol. The van der Waals surface area contributed by atoms with Crippen molar-refractivity contribution >= 4 is 29.0 Å². The van der Waals surface area contributed by atoms with E-state index in [0.717, 1.165) is 16.8 Å². The highest BCUT2D eigenvalue weighted by Gasteiger charge is 2.36. The van der Waals surface area contributed by atoms with Gasteiger partial charge < -0.3 is 10.6 Å². The van der Waals surface area contributed by atoms with E-state index in [-0.39, 0.29) is 23.9 Å². The lowest BCUT2D eigenvalue weighted by Crippen LogP contribution is -2.23. The minimum Gasteiger partial charge on any atom is -0.326 e. The number of rotatable bonds is 6. The van der Waals surface area contributed by atoms with E-state index >= 15 is 0 Å². The maximum absolute atomic E-state index is 12.6. The Morgan fingerprint density at radius 3 is 2.53 bits per heavy atom. The number of benzene rings is 2. The number of nitro benzene ring substituents is 1. The van der Waals surface area contributed by atoms with Crippen LogP contribution in [0.15, 0.2) is 54.6 Å². The number of amides is 2. The highest BCUT2D eigenvalue weighted by molar-refractivity contribution is 6.04. The molecule has 0 saturated carbocycles. The van der Waals surface area contributed by atoms with Crippen molar-refractivity contribution in [2.24, 2.45) is 0 Å². The standard InChI is InChI=1S/C21H19N5O4/c1-2-16-19(13-6-4-3-5-7-13)20-23-21(28)17(25(20)24-16)12-18(27)22-14-8-10-15(11-9-14)26(29)30/h3-11,17H,2,12H2,1H3,(H,22,27)(H,23,28). The van der Waals surface area contributed by atoms with Gasteiger partial charge in [0.25, 0.3) is 11.6 Å². The van der Waals surface area contributed by atoms with Crippen LogP contribution in [0.2, 0.25) is 0 Å². The fourth-order valence-corrected chi connectivity index (χ4v) is 3.53. The molecule has 1 unspecified atom stereocenters. The van der Waals surface area contributed by atoms with Gasteiger partial charge in [0.1, 0.15) is 11.9 Å². The van der Waals surface area contributed by atoms with Crippen molar-refractivity contribution in [3.05, 3.63) is 70.4 Å². The number of nitrogens with one attached hydrogen (secondary N) is 2. The fraction of sp³-hybridized carbons (Fsp3) is 0.190. The third-order valence-corrected chi connectivity index (χ3v) is 4.96. The lowest BCUT2D eigenvalue weighted by molar-refractivity contribution is -0.384. The molecule has 0 saturated heterocycles. The van der Waals surface area contributed by atoms with Gasteiger partial charge in [-0.25, -0.2) is 4.68 Å². The van der Waals surface area contributed by atoms with E-state index in [1.165, 1.54) is 24.3 Å². The zero-order valence-electron chi connectivity index (χ0n) is 16.2. The molecule has 1 atom stereocenters. The van der Waals surface area contributed by atoms with Gasteiger partial charge in [0, 0.05) is 23.4 Å². The molecule has 9 nitrogen and oxygen atoms in total. The third-order valence-electron chi connectivity index (χ3n) is 4.96. The molecule has 0 fully saturated rings. The molecule has 3 aromatic rings. The normalized spacial score (nSPS) is 14.8. The molecule has 2 aromatic carbocycles. The van der Waals surface area contributed by atoms with E-state index in [2.05, 4.69) is 15.7 Å². The Balaban J connectivity index is 1.55. The Morgan fingerprint density at radius 1 is 1.20 bits per heavy atom. The van der Waals surface area contributed by atoms with Crippen molar-refractivity contribution in [2.75, 3.05) is 10.6 Å². The largest absolute Gasteiger partial charge is 0.326 e. The smallest absolute Gasteiger partial charge is 0.269 e. The molecule has 1 aliphatic rings. The number of anilines is 2. The van der Waals surface area contributed by atoms with Crippen LogP contribution in [0.1, 0.15) is 25.1 Å². The summed E-state index contributed by atoms with van der Waals surface area (Å²) in [6, 6.07) is 14.4. The van der Waals surface area contributed by atoms with Crippen molar-refractivity contribution in [3.8, 4) is 11.1 Å². The molecule has 0 radical (unpaired) electrons. The summed E-state index contributed by atoms with van der Waals surface area (Å²) >= 11 is 0. The fourth-order valence-electron chi connectivity index (χ4n) is 3.53. The molecular formula is C21H19N5O4. The number of hydrogen-bond donors (Lipinski definition) is 2. The van der Waals surface area contributed by atoms with Crippen molar-refractivity contribution in [3.63, 3.8) is 0 Å². The highest BCUT2D eigenvalue weighted by atomic mass is 16.6. The Kier molecular flexibility index (Phi) is 5.01. The minimum absolute atomic E-state index is 0.0649. The lowest BCUT2D eigenvalue weighted by Gasteiger charge is -2.10. The Bertz CT molecular complexity index is 1120. The quantitative estimate of drug-likeness (QED) is 0.480. The maximum atomic E-state index is 12.6. The summed E-state index contributed by atoms with van der Waals surface area (Å²) in [6.07, 6.45) is 0.580. The predicted octanol–water partition coefficient (Wildman–Crippen LogP) is 3.54. The second kappa shape index (κ2) is 7.78. The molecule has 152 valence electrons. The second-order valence-corrected chi connectivity index (χ2v) is 6.90. The molecule has 30 heavy (non-hydrogen) atoms. The zero-order valence-corrected chi connectivity index (χ0v) is 16.2. The molecule has 2 amide bonds. The van der Waals surface area contributed by atoms with E-state index in [1.807, 2.05) is 37.3 Å². The van der Waals surface area contributed by atoms with Crippen molar-refractivity contribution < 1.29 is 14.5 Å². The molecule has 0 spiro atoms. The number of aryl methyl sites for hydroxylation is 1. The van der Waals surface area contributed by atoms with Crippen LogP contribution in [0.4, 0.5) is 17.2 Å². The van der Waals surface area contributed by atoms with Gasteiger partial charge in [0.15, 0.2) is 0 Å². The Hall–Kier alpha value is -4.01. The SMILES string of the molecule is CCc1nn2c(c1-c1ccccc1)NC(=O)C2CC(=O)Nc1ccc([N+](=O)[O-])cc1. The summed E-state index contributed by atoms with van der Waals surface area (Å²) in [4.78, 5) is 35.3. The number of aromatic nitrogens is 2. The molecule has 1 aromatic heterocycles. The average Bonchev–Trinajstić information content (AvgIpc) is 3.24. The van der Waals surface area contributed by atoms with Gasteiger partial charge in [0.2, 0.25) is 5.91 Å². The molecule has 4 rings (SSSR count). The van der Waals surface area contributed by atoms with Gasteiger partial charge in [-0.05, 0) is 24.1 Å². The molecular weight excluding hydrogens is 386 g/mol. The van der Waals surface area contributed by atoms with Crippen molar-refractivity contribution in [2.45, 2.75) is 25.8 Å². The Labute approximate surface area is 171 Å². The first kappa shape index (κ1) is 19.3. The number of nitro groups is 1. The topological polar surface area (TPSA) is 119 Å². The number of non-ortho nitro benzene ring substituents is 1. The maximum Gasteiger partial charge on any atom is 0.269 e. The number of fused-ring (bicyclic) bond motifs is 1. The van der Waals surface area contributed by atoms with E-state index < -0.39 is 11.0 Å². The van der Waals surface area contributed by atoms with Gasteiger partial charge in [-0.1, -0.05) is 37.3 Å². The summed E-state index contributed by atoms with van der Waals surface area (Å²) in [5, 5.41) is 20.9. The van der Waals surface area contributed by atoms with Gasteiger partial charge in [-0.15, -0.1) is 0 Å². The van der Waals surface area contributed by atoms with Crippen LogP contribution in [-0.2, 0) is 16.0 Å². The average molecular weight is 405 g/mol. The summed E-state index contributed by atoms with van der Waals surface area (Å²) < 4.78 is 1.58. The highest BCUT2D eigenvalue weighted by Crippen LogP contribution is 2.38. The molecule has 2 N–H and O–H groups in total. The number of carbonyl (C=O) groups excluding carboxylic acids is 2. The molecule has 0 aliphatic carbocycles. The van der Waals surface area contributed by atoms with E-state index in [1.54, 1.807) is 4.68 Å². The number of carbonyl (C=O) groups is 2. The second-order valence-electron chi connectivity index (χ2n) is 6.90. The minimum atomic E-state index is -0.763. The van der Waals surface area contributed by atoms with E-state index in [9.17, 15) is 19.7 Å². The van der Waals surface area contributed by atoms with Gasteiger partial charge in [-0.2, -0.15) is 5.10 Å². The van der Waals surface area contributed by atoms with Crippen LogP contribution in [-0.4, -0.2) is 26.5 Å². The molecule has 1 aliphatic heterocycles. The van der Waals surface area contributed by atoms with Crippen LogP contribution in [0, 0.1) is 10.1 Å². The summed E-state index contributed by atoms with van der Waals surface area (Å²) in [7, 11) is 0. The lowest BCUT2D eigenvalue weighted by atomic mass is 10.0. The van der Waals surface area contributed by atoms with Crippen LogP contribution in [0.5, 0.6) is 0 Å². The Morgan fingerprint density at radius 2 is 1.90 bits per heavy atom. The van der Waals surface area contributed by atoms with Crippen molar-refractivity contribution in [1.82, 2.24) is 9.78 Å². The molecule has 0 bridgehead atoms. The van der Waals surface area contributed by atoms with E-state index in [0.29, 0.717) is 17.9 Å². The van der Waals surface area contributed by atoms with Crippen molar-refractivity contribution in [1.29, 1.82) is 0 Å². The summed E-state index contributed by atoms with van der Waals surface area (Å²) in [5.41, 5.74) is 3.02. The zero-order chi connectivity index (χ0) is 21.3. The van der Waals surface area contributed by atoms with Crippen LogP contribution in [0.25, 0.3) is 11.1 Å². The monoisotopic (exact) mass is 405 g/mol. The van der Waals surface area contributed by atoms with Gasteiger partial charge >= 0.3 is 0 Å². The number of hydrogen-bond acceptors (Lipinski definition) is 5. The first-order chi connectivity index (χ1) is 14.5. The van der Waals surface area contributed by atoms with Crippen LogP contribution < -0.4 is 10.6 Å². The first-order valence-electron chi connectivity index (χ1n) is 9.50. The summed E-state index contributed by atoms with van der Waals surface area (Å²) in [5.74, 6) is -0.0842. The number of nitrogens with zero attached hydrogens (tertiary/aromatic N) is 3. The third kappa shape index (κ3) is 3.52. The molecule has 9 heteroatoms. The van der Waals surface area contributed by atoms with Crippen LogP contribution >= 0.6 is 0 Å². The first-order valence-corrected chi connectivity index (χ1v) is 9.50. The van der Waals surface area contributed by atoms with Gasteiger partial charge in [0.05, 0.1) is 17.0 Å².